The van der Waals surface area contributed by atoms with Gasteiger partial charge in [-0.25, -0.2) is 18.4 Å². The van der Waals surface area contributed by atoms with Crippen molar-refractivity contribution >= 4 is 32.6 Å². The van der Waals surface area contributed by atoms with E-state index < -0.39 is 26.3 Å². The molecule has 0 amide bonds. The van der Waals surface area contributed by atoms with Crippen molar-refractivity contribution in [2.45, 2.75) is 6.92 Å². The van der Waals surface area contributed by atoms with E-state index in [4.69, 9.17) is 0 Å². The Labute approximate surface area is 140 Å². The van der Waals surface area contributed by atoms with Crippen LogP contribution in [0.5, 0.6) is 0 Å². The summed E-state index contributed by atoms with van der Waals surface area (Å²) < 4.78 is 26.1. The molecule has 0 radical (unpaired) electrons. The standard InChI is InChI=1S/C13H12N6O5S/c1-7-5-18(6-14-7)10-3-8-9(4-11(10)19(21)22)16-13(20)12(15-8)17-25(2,23)24/h3-6H,1-2H3,(H,15,17)(H,16,20). The topological polar surface area (TPSA) is 153 Å². The predicted octanol–water partition coefficient (Wildman–Crippen LogP) is 0.697. The van der Waals surface area contributed by atoms with Crippen LogP contribution in [0.15, 0.2) is 29.5 Å². The minimum absolute atomic E-state index is 0.108. The van der Waals surface area contributed by atoms with Crippen molar-refractivity contribution in [3.8, 4) is 5.69 Å². The first-order valence-electron chi connectivity index (χ1n) is 6.85. The summed E-state index contributed by atoms with van der Waals surface area (Å²) in [6, 6.07) is 2.54. The van der Waals surface area contributed by atoms with Crippen molar-refractivity contribution in [3.05, 3.63) is 50.8 Å². The second kappa shape index (κ2) is 5.66. The number of anilines is 1. The molecule has 0 aliphatic carbocycles. The molecule has 1 aromatic carbocycles. The molecule has 0 spiro atoms. The Morgan fingerprint density at radius 2 is 2.08 bits per heavy atom. The number of rotatable bonds is 4. The minimum atomic E-state index is -3.70. The van der Waals surface area contributed by atoms with E-state index in [2.05, 4.69) is 15.0 Å². The molecular formula is C13H12N6O5S. The lowest BCUT2D eigenvalue weighted by atomic mass is 10.2. The van der Waals surface area contributed by atoms with E-state index in [1.165, 1.54) is 23.0 Å². The number of aromatic nitrogens is 4. The van der Waals surface area contributed by atoms with Gasteiger partial charge in [0, 0.05) is 12.3 Å². The molecule has 0 bridgehead atoms. The number of sulfonamides is 1. The maximum Gasteiger partial charge on any atom is 0.295 e. The van der Waals surface area contributed by atoms with Gasteiger partial charge in [-0.1, -0.05) is 0 Å². The van der Waals surface area contributed by atoms with E-state index >= 15 is 0 Å². The van der Waals surface area contributed by atoms with Crippen LogP contribution in [0.3, 0.4) is 0 Å². The Kier molecular flexibility index (Phi) is 3.75. The van der Waals surface area contributed by atoms with Crippen LogP contribution in [0.2, 0.25) is 0 Å². The largest absolute Gasteiger partial charge is 0.317 e. The van der Waals surface area contributed by atoms with Gasteiger partial charge < -0.3 is 4.98 Å². The molecule has 12 heteroatoms. The summed E-state index contributed by atoms with van der Waals surface area (Å²) in [5, 5.41) is 11.4. The zero-order valence-corrected chi connectivity index (χ0v) is 13.9. The highest BCUT2D eigenvalue weighted by molar-refractivity contribution is 7.92. The number of aryl methyl sites for hydroxylation is 1. The first-order valence-corrected chi connectivity index (χ1v) is 8.74. The summed E-state index contributed by atoms with van der Waals surface area (Å²) in [7, 11) is -3.70. The Morgan fingerprint density at radius 3 is 2.64 bits per heavy atom. The molecule has 25 heavy (non-hydrogen) atoms. The molecule has 0 saturated carbocycles. The number of nitrogens with zero attached hydrogens (tertiary/aromatic N) is 4. The second-order valence-electron chi connectivity index (χ2n) is 5.33. The zero-order valence-electron chi connectivity index (χ0n) is 13.0. The molecule has 130 valence electrons. The van der Waals surface area contributed by atoms with Crippen LogP contribution in [-0.2, 0) is 10.0 Å². The predicted molar refractivity (Wildman–Crippen MR) is 89.3 cm³/mol. The fourth-order valence-corrected chi connectivity index (χ4v) is 2.75. The second-order valence-corrected chi connectivity index (χ2v) is 7.07. The van der Waals surface area contributed by atoms with Gasteiger partial charge in [0.1, 0.15) is 5.69 Å². The number of hydrogen-bond donors (Lipinski definition) is 2. The Hall–Kier alpha value is -3.28. The highest BCUT2D eigenvalue weighted by Crippen LogP contribution is 2.27. The SMILES string of the molecule is Cc1cn(-c2cc3nc(NS(C)(=O)=O)c(=O)[nH]c3cc2[N+](=O)[O-])cn1. The summed E-state index contributed by atoms with van der Waals surface area (Å²) >= 11 is 0. The molecule has 2 heterocycles. The van der Waals surface area contributed by atoms with Gasteiger partial charge in [-0.2, -0.15) is 0 Å². The van der Waals surface area contributed by atoms with Gasteiger partial charge in [0.05, 0.1) is 34.2 Å². The van der Waals surface area contributed by atoms with Gasteiger partial charge in [0.2, 0.25) is 15.8 Å². The van der Waals surface area contributed by atoms with Crippen LogP contribution in [0.4, 0.5) is 11.5 Å². The Balaban J connectivity index is 2.28. The normalized spacial score (nSPS) is 11.6. The number of benzene rings is 1. The van der Waals surface area contributed by atoms with Crippen molar-refractivity contribution in [3.63, 3.8) is 0 Å². The molecule has 2 N–H and O–H groups in total. The molecule has 0 saturated heterocycles. The lowest BCUT2D eigenvalue weighted by Gasteiger charge is -2.07. The third-order valence-corrected chi connectivity index (χ3v) is 3.82. The molecular weight excluding hydrogens is 352 g/mol. The van der Waals surface area contributed by atoms with Crippen LogP contribution < -0.4 is 10.3 Å². The van der Waals surface area contributed by atoms with Crippen LogP contribution in [0.1, 0.15) is 5.69 Å². The summed E-state index contributed by atoms with van der Waals surface area (Å²) in [4.78, 5) is 33.1. The number of imidazole rings is 1. The molecule has 11 nitrogen and oxygen atoms in total. The number of nitro benzene ring substituents is 1. The number of fused-ring (bicyclic) bond motifs is 1. The van der Waals surface area contributed by atoms with Crippen molar-refractivity contribution in [1.29, 1.82) is 0 Å². The summed E-state index contributed by atoms with van der Waals surface area (Å²) in [5.41, 5.74) is 0.0601. The van der Waals surface area contributed by atoms with Crippen molar-refractivity contribution < 1.29 is 13.3 Å². The zero-order chi connectivity index (χ0) is 18.4. The number of H-pyrrole nitrogens is 1. The van der Waals surface area contributed by atoms with E-state index in [9.17, 15) is 23.3 Å². The number of hydrogen-bond acceptors (Lipinski definition) is 7. The minimum Gasteiger partial charge on any atom is -0.317 e. The number of nitrogens with one attached hydrogen (secondary N) is 2. The molecule has 0 aliphatic heterocycles. The van der Waals surface area contributed by atoms with Gasteiger partial charge in [-0.05, 0) is 13.0 Å². The smallest absolute Gasteiger partial charge is 0.295 e. The molecule has 0 unspecified atom stereocenters. The first-order chi connectivity index (χ1) is 11.6. The molecule has 0 aliphatic rings. The van der Waals surface area contributed by atoms with Crippen LogP contribution in [0, 0.1) is 17.0 Å². The average Bonchev–Trinajstić information content (AvgIpc) is 2.92. The van der Waals surface area contributed by atoms with E-state index in [1.54, 1.807) is 13.1 Å². The summed E-state index contributed by atoms with van der Waals surface area (Å²) in [6.45, 7) is 1.73. The van der Waals surface area contributed by atoms with E-state index in [1.807, 2.05) is 4.72 Å². The van der Waals surface area contributed by atoms with Crippen molar-refractivity contribution in [2.24, 2.45) is 0 Å². The summed E-state index contributed by atoms with van der Waals surface area (Å²) in [5.74, 6) is -0.420. The molecule has 0 fully saturated rings. The molecule has 3 rings (SSSR count). The van der Waals surface area contributed by atoms with Crippen LogP contribution >= 0.6 is 0 Å². The highest BCUT2D eigenvalue weighted by atomic mass is 32.2. The van der Waals surface area contributed by atoms with Crippen molar-refractivity contribution in [2.75, 3.05) is 11.0 Å². The Morgan fingerprint density at radius 1 is 1.36 bits per heavy atom. The first kappa shape index (κ1) is 16.6. The van der Waals surface area contributed by atoms with Gasteiger partial charge in [0.25, 0.3) is 11.2 Å². The maximum absolute atomic E-state index is 11.9. The van der Waals surface area contributed by atoms with E-state index in [0.29, 0.717) is 5.69 Å². The lowest BCUT2D eigenvalue weighted by molar-refractivity contribution is -0.384. The molecule has 0 atom stereocenters. The van der Waals surface area contributed by atoms with E-state index in [-0.39, 0.29) is 22.4 Å². The van der Waals surface area contributed by atoms with Crippen molar-refractivity contribution in [1.82, 2.24) is 19.5 Å². The lowest BCUT2D eigenvalue weighted by Crippen LogP contribution is -2.20. The molecule has 3 aromatic rings. The fraction of sp³-hybridized carbons (Fsp3) is 0.154. The summed E-state index contributed by atoms with van der Waals surface area (Å²) in [6.07, 6.45) is 3.88. The number of aromatic amines is 1. The third kappa shape index (κ3) is 3.33. The Bertz CT molecular complexity index is 1160. The fourth-order valence-electron chi connectivity index (χ4n) is 2.26. The number of nitro groups is 1. The van der Waals surface area contributed by atoms with Crippen LogP contribution in [0.25, 0.3) is 16.7 Å². The molecule has 2 aromatic heterocycles. The van der Waals surface area contributed by atoms with Gasteiger partial charge in [-0.3, -0.25) is 24.2 Å². The maximum atomic E-state index is 11.9. The van der Waals surface area contributed by atoms with Crippen LogP contribution in [-0.4, -0.2) is 39.1 Å². The van der Waals surface area contributed by atoms with Gasteiger partial charge >= 0.3 is 0 Å². The average molecular weight is 364 g/mol. The van der Waals surface area contributed by atoms with Gasteiger partial charge in [-0.15, -0.1) is 0 Å². The van der Waals surface area contributed by atoms with Gasteiger partial charge in [0.15, 0.2) is 0 Å². The van der Waals surface area contributed by atoms with E-state index in [0.717, 1.165) is 6.26 Å². The third-order valence-electron chi connectivity index (χ3n) is 3.26. The monoisotopic (exact) mass is 364 g/mol. The highest BCUT2D eigenvalue weighted by Gasteiger charge is 2.19. The quantitative estimate of drug-likeness (QED) is 0.510.